The fourth-order valence-electron chi connectivity index (χ4n) is 1.78. The van der Waals surface area contributed by atoms with E-state index in [0.29, 0.717) is 24.6 Å². The van der Waals surface area contributed by atoms with Crippen LogP contribution in [0, 0.1) is 0 Å². The molecule has 0 spiro atoms. The number of Topliss-reactive ketones (excluding diaryl/α,β-unsaturated/α-hetero) is 1. The van der Waals surface area contributed by atoms with Crippen molar-refractivity contribution in [2.75, 3.05) is 26.8 Å². The first-order valence-electron chi connectivity index (χ1n) is 6.16. The SMILES string of the molecule is CCC(=O)[C@H](CNCCOC)c1ccc(Cl)cc1. The average molecular weight is 270 g/mol. The molecule has 1 atom stereocenters. The molecule has 3 nitrogen and oxygen atoms in total. The Morgan fingerprint density at radius 1 is 1.39 bits per heavy atom. The first kappa shape index (κ1) is 15.2. The number of halogens is 1. The molecule has 0 bridgehead atoms. The topological polar surface area (TPSA) is 38.3 Å². The Morgan fingerprint density at radius 2 is 2.06 bits per heavy atom. The normalized spacial score (nSPS) is 12.4. The van der Waals surface area contributed by atoms with Gasteiger partial charge in [0.15, 0.2) is 0 Å². The minimum atomic E-state index is -0.107. The van der Waals surface area contributed by atoms with Crippen molar-refractivity contribution in [3.8, 4) is 0 Å². The smallest absolute Gasteiger partial charge is 0.141 e. The fourth-order valence-corrected chi connectivity index (χ4v) is 1.91. The number of hydrogen-bond donors (Lipinski definition) is 1. The Bertz CT molecular complexity index is 365. The number of methoxy groups -OCH3 is 1. The van der Waals surface area contributed by atoms with Gasteiger partial charge in [0, 0.05) is 31.6 Å². The van der Waals surface area contributed by atoms with Crippen LogP contribution in [0.3, 0.4) is 0 Å². The molecule has 0 radical (unpaired) electrons. The summed E-state index contributed by atoms with van der Waals surface area (Å²) in [6, 6.07) is 7.47. The zero-order valence-corrected chi connectivity index (χ0v) is 11.7. The molecular formula is C14H20ClNO2. The summed E-state index contributed by atoms with van der Waals surface area (Å²) in [5.41, 5.74) is 1.01. The van der Waals surface area contributed by atoms with Gasteiger partial charge in [0.25, 0.3) is 0 Å². The number of carbonyl (C=O) groups excluding carboxylic acids is 1. The second kappa shape index (κ2) is 8.25. The van der Waals surface area contributed by atoms with Gasteiger partial charge >= 0.3 is 0 Å². The molecule has 0 unspecified atom stereocenters. The third kappa shape index (κ3) is 4.77. The Labute approximate surface area is 113 Å². The summed E-state index contributed by atoms with van der Waals surface area (Å²) < 4.78 is 4.97. The van der Waals surface area contributed by atoms with Crippen LogP contribution in [0.4, 0.5) is 0 Å². The summed E-state index contributed by atoms with van der Waals surface area (Å²) in [5.74, 6) is 0.131. The van der Waals surface area contributed by atoms with E-state index in [-0.39, 0.29) is 11.7 Å². The van der Waals surface area contributed by atoms with Gasteiger partial charge in [-0.25, -0.2) is 0 Å². The molecule has 1 aromatic rings. The molecule has 0 fully saturated rings. The predicted molar refractivity (Wildman–Crippen MR) is 74.2 cm³/mol. The number of benzene rings is 1. The van der Waals surface area contributed by atoms with Crippen molar-refractivity contribution < 1.29 is 9.53 Å². The molecule has 1 N–H and O–H groups in total. The number of carbonyl (C=O) groups is 1. The second-order valence-electron chi connectivity index (χ2n) is 4.12. The van der Waals surface area contributed by atoms with E-state index < -0.39 is 0 Å². The second-order valence-corrected chi connectivity index (χ2v) is 4.56. The van der Waals surface area contributed by atoms with Crippen molar-refractivity contribution >= 4 is 17.4 Å². The van der Waals surface area contributed by atoms with Crippen molar-refractivity contribution in [3.63, 3.8) is 0 Å². The Hall–Kier alpha value is -0.900. The highest BCUT2D eigenvalue weighted by Crippen LogP contribution is 2.20. The van der Waals surface area contributed by atoms with Crippen molar-refractivity contribution in [2.45, 2.75) is 19.3 Å². The monoisotopic (exact) mass is 269 g/mol. The van der Waals surface area contributed by atoms with Crippen molar-refractivity contribution in [1.82, 2.24) is 5.32 Å². The molecule has 0 aliphatic heterocycles. The van der Waals surface area contributed by atoms with Crippen LogP contribution in [0.1, 0.15) is 24.8 Å². The Kier molecular flexibility index (Phi) is 6.94. The van der Waals surface area contributed by atoms with E-state index in [9.17, 15) is 4.79 Å². The van der Waals surface area contributed by atoms with Gasteiger partial charge < -0.3 is 10.1 Å². The molecule has 100 valence electrons. The highest BCUT2D eigenvalue weighted by molar-refractivity contribution is 6.30. The van der Waals surface area contributed by atoms with Gasteiger partial charge in [0.2, 0.25) is 0 Å². The molecule has 0 amide bonds. The minimum Gasteiger partial charge on any atom is -0.383 e. The van der Waals surface area contributed by atoms with Crippen LogP contribution in [0.2, 0.25) is 5.02 Å². The van der Waals surface area contributed by atoms with E-state index in [1.807, 2.05) is 31.2 Å². The van der Waals surface area contributed by atoms with Crippen LogP contribution in [-0.2, 0) is 9.53 Å². The highest BCUT2D eigenvalue weighted by atomic mass is 35.5. The van der Waals surface area contributed by atoms with Gasteiger partial charge in [-0.2, -0.15) is 0 Å². The van der Waals surface area contributed by atoms with Gasteiger partial charge in [-0.05, 0) is 17.7 Å². The lowest BCUT2D eigenvalue weighted by molar-refractivity contribution is -0.120. The largest absolute Gasteiger partial charge is 0.383 e. The van der Waals surface area contributed by atoms with Crippen LogP contribution >= 0.6 is 11.6 Å². The number of nitrogens with one attached hydrogen (secondary N) is 1. The maximum absolute atomic E-state index is 12.0. The van der Waals surface area contributed by atoms with E-state index in [1.165, 1.54) is 0 Å². The fraction of sp³-hybridized carbons (Fsp3) is 0.500. The zero-order chi connectivity index (χ0) is 13.4. The standard InChI is InChI=1S/C14H20ClNO2/c1-3-14(17)13(10-16-8-9-18-2)11-4-6-12(15)7-5-11/h4-7,13,16H,3,8-10H2,1-2H3/t13-/m1/s1. The Morgan fingerprint density at radius 3 is 2.61 bits per heavy atom. The average Bonchev–Trinajstić information content (AvgIpc) is 2.39. The summed E-state index contributed by atoms with van der Waals surface area (Å²) in [5, 5.41) is 3.92. The van der Waals surface area contributed by atoms with Crippen LogP contribution in [0.25, 0.3) is 0 Å². The zero-order valence-electron chi connectivity index (χ0n) is 10.9. The van der Waals surface area contributed by atoms with Crippen molar-refractivity contribution in [1.29, 1.82) is 0 Å². The lowest BCUT2D eigenvalue weighted by atomic mass is 9.93. The summed E-state index contributed by atoms with van der Waals surface area (Å²) in [6.45, 7) is 3.92. The van der Waals surface area contributed by atoms with Crippen LogP contribution in [0.5, 0.6) is 0 Å². The molecule has 0 aliphatic carbocycles. The first-order chi connectivity index (χ1) is 8.69. The molecule has 0 aromatic heterocycles. The number of ether oxygens (including phenoxy) is 1. The lowest BCUT2D eigenvalue weighted by Gasteiger charge is -2.16. The van der Waals surface area contributed by atoms with Crippen molar-refractivity contribution in [3.05, 3.63) is 34.9 Å². The number of rotatable bonds is 8. The molecule has 0 aliphatic rings. The van der Waals surface area contributed by atoms with E-state index in [1.54, 1.807) is 7.11 Å². The maximum atomic E-state index is 12.0. The predicted octanol–water partition coefficient (Wildman–Crippen LogP) is 2.64. The van der Waals surface area contributed by atoms with E-state index in [0.717, 1.165) is 12.1 Å². The van der Waals surface area contributed by atoms with E-state index >= 15 is 0 Å². The Balaban J connectivity index is 2.66. The summed E-state index contributed by atoms with van der Waals surface area (Å²) in [7, 11) is 1.66. The summed E-state index contributed by atoms with van der Waals surface area (Å²) in [4.78, 5) is 12.0. The lowest BCUT2D eigenvalue weighted by Crippen LogP contribution is -2.29. The number of ketones is 1. The summed E-state index contributed by atoms with van der Waals surface area (Å²) >= 11 is 5.86. The van der Waals surface area contributed by atoms with Gasteiger partial charge in [-0.1, -0.05) is 30.7 Å². The maximum Gasteiger partial charge on any atom is 0.141 e. The van der Waals surface area contributed by atoms with Crippen molar-refractivity contribution in [2.24, 2.45) is 0 Å². The van der Waals surface area contributed by atoms with Crippen LogP contribution < -0.4 is 5.32 Å². The third-order valence-corrected chi connectivity index (χ3v) is 3.09. The van der Waals surface area contributed by atoms with Gasteiger partial charge in [-0.15, -0.1) is 0 Å². The van der Waals surface area contributed by atoms with Gasteiger partial charge in [-0.3, -0.25) is 4.79 Å². The molecule has 0 saturated carbocycles. The van der Waals surface area contributed by atoms with Crippen LogP contribution in [0.15, 0.2) is 24.3 Å². The van der Waals surface area contributed by atoms with E-state index in [4.69, 9.17) is 16.3 Å². The summed E-state index contributed by atoms with van der Waals surface area (Å²) in [6.07, 6.45) is 0.541. The molecule has 4 heteroatoms. The molecule has 0 heterocycles. The third-order valence-electron chi connectivity index (χ3n) is 2.84. The highest BCUT2D eigenvalue weighted by Gasteiger charge is 2.18. The molecule has 1 rings (SSSR count). The van der Waals surface area contributed by atoms with Crippen LogP contribution in [-0.4, -0.2) is 32.6 Å². The van der Waals surface area contributed by atoms with Gasteiger partial charge in [0.05, 0.1) is 12.5 Å². The van der Waals surface area contributed by atoms with E-state index in [2.05, 4.69) is 5.32 Å². The first-order valence-corrected chi connectivity index (χ1v) is 6.54. The quantitative estimate of drug-likeness (QED) is 0.738. The molecule has 18 heavy (non-hydrogen) atoms. The minimum absolute atomic E-state index is 0.107. The molecule has 1 aromatic carbocycles. The number of hydrogen-bond acceptors (Lipinski definition) is 3. The molecule has 0 saturated heterocycles. The molecular weight excluding hydrogens is 250 g/mol. The van der Waals surface area contributed by atoms with Gasteiger partial charge in [0.1, 0.15) is 5.78 Å².